The molecule has 2 aromatic heterocycles. The van der Waals surface area contributed by atoms with Crippen LogP contribution < -0.4 is 15.0 Å². The molecule has 180 valence electrons. The summed E-state index contributed by atoms with van der Waals surface area (Å²) in [7, 11) is 2.95. The first-order valence-corrected chi connectivity index (χ1v) is 11.0. The van der Waals surface area contributed by atoms with Crippen LogP contribution in [-0.2, 0) is 12.8 Å². The first-order chi connectivity index (χ1) is 16.8. The zero-order valence-electron chi connectivity index (χ0n) is 19.3. The number of phenols is 1. The Balaban J connectivity index is 1.73. The van der Waals surface area contributed by atoms with Gasteiger partial charge in [-0.05, 0) is 32.3 Å². The number of ether oxygens (including phenoxy) is 2. The highest BCUT2D eigenvalue weighted by Gasteiger charge is 2.27. The van der Waals surface area contributed by atoms with Crippen molar-refractivity contribution in [1.29, 1.82) is 0 Å². The number of phenolic OH excluding ortho intramolecular Hbond substituents is 1. The number of aromatic nitrogens is 2. The maximum absolute atomic E-state index is 13.3. The zero-order chi connectivity index (χ0) is 24.9. The molecule has 0 fully saturated rings. The fourth-order valence-electron chi connectivity index (χ4n) is 4.56. The Morgan fingerprint density at radius 3 is 2.63 bits per heavy atom. The lowest BCUT2D eigenvalue weighted by Gasteiger charge is -2.11. The molecule has 11 heteroatoms. The molecule has 0 unspecified atom stereocenters. The molecule has 1 aliphatic carbocycles. The van der Waals surface area contributed by atoms with E-state index in [1.54, 1.807) is 13.0 Å². The van der Waals surface area contributed by atoms with Gasteiger partial charge in [-0.3, -0.25) is 14.9 Å². The predicted molar refractivity (Wildman–Crippen MR) is 128 cm³/mol. The molecule has 5 rings (SSSR count). The van der Waals surface area contributed by atoms with Crippen molar-refractivity contribution in [3.8, 4) is 17.2 Å². The van der Waals surface area contributed by atoms with E-state index in [9.17, 15) is 20.0 Å². The van der Waals surface area contributed by atoms with Gasteiger partial charge in [-0.15, -0.1) is 0 Å². The molecule has 35 heavy (non-hydrogen) atoms. The van der Waals surface area contributed by atoms with Gasteiger partial charge >= 0.3 is 5.69 Å². The molecule has 0 atom stereocenters. The topological polar surface area (TPSA) is 142 Å². The monoisotopic (exact) mass is 478 g/mol. The van der Waals surface area contributed by atoms with Crippen molar-refractivity contribution in [2.24, 2.45) is 5.10 Å². The average molecular weight is 478 g/mol. The number of fused-ring (bicyclic) bond motifs is 4. The van der Waals surface area contributed by atoms with Gasteiger partial charge in [0.2, 0.25) is 5.75 Å². The molecule has 0 saturated carbocycles. The van der Waals surface area contributed by atoms with E-state index >= 15 is 0 Å². The minimum absolute atomic E-state index is 0.125. The number of nitro benzene ring substituents is 1. The Hall–Kier alpha value is -4.41. The standard InChI is InChI=1S/C24H22N4O7/c1-12-26-16-9-20(34-3)19(33-2)8-14(16)24(30)27(12)25-11-15-22-13-6-4-5-7-18(13)35-21(22)10-17(23(15)29)28(31)32/h8-11,29H,4-7H2,1-3H3/b25-11+. The summed E-state index contributed by atoms with van der Waals surface area (Å²) in [6, 6.07) is 4.35. The maximum Gasteiger partial charge on any atom is 0.315 e. The van der Waals surface area contributed by atoms with E-state index in [4.69, 9.17) is 13.9 Å². The Morgan fingerprint density at radius 2 is 1.91 bits per heavy atom. The van der Waals surface area contributed by atoms with Crippen molar-refractivity contribution in [2.75, 3.05) is 14.2 Å². The molecule has 0 radical (unpaired) electrons. The van der Waals surface area contributed by atoms with Gasteiger partial charge < -0.3 is 19.0 Å². The molecule has 0 spiro atoms. The molecular weight excluding hydrogens is 456 g/mol. The second-order valence-electron chi connectivity index (χ2n) is 8.24. The van der Waals surface area contributed by atoms with E-state index in [0.717, 1.165) is 35.3 Å². The van der Waals surface area contributed by atoms with E-state index in [1.165, 1.54) is 32.6 Å². The fraction of sp³-hybridized carbons (Fsp3) is 0.292. The molecule has 11 nitrogen and oxygen atoms in total. The maximum atomic E-state index is 13.3. The van der Waals surface area contributed by atoms with Crippen LogP contribution in [0.2, 0.25) is 0 Å². The molecule has 0 saturated heterocycles. The number of hydrogen-bond acceptors (Lipinski definition) is 9. The number of benzene rings is 2. The van der Waals surface area contributed by atoms with Crippen molar-refractivity contribution in [3.63, 3.8) is 0 Å². The lowest BCUT2D eigenvalue weighted by atomic mass is 9.93. The van der Waals surface area contributed by atoms with Crippen LogP contribution >= 0.6 is 0 Å². The van der Waals surface area contributed by atoms with E-state index in [-0.39, 0.29) is 16.8 Å². The summed E-state index contributed by atoms with van der Waals surface area (Å²) >= 11 is 0. The molecule has 4 aromatic rings. The molecular formula is C24H22N4O7. The highest BCUT2D eigenvalue weighted by Crippen LogP contribution is 2.41. The Morgan fingerprint density at radius 1 is 1.20 bits per heavy atom. The van der Waals surface area contributed by atoms with Gasteiger partial charge in [0.05, 0.1) is 47.9 Å². The van der Waals surface area contributed by atoms with Crippen molar-refractivity contribution < 1.29 is 23.9 Å². The van der Waals surface area contributed by atoms with Crippen LogP contribution in [0.5, 0.6) is 17.2 Å². The molecule has 0 aliphatic heterocycles. The number of aryl methyl sites for hydroxylation is 3. The van der Waals surface area contributed by atoms with Crippen LogP contribution in [0.4, 0.5) is 5.69 Å². The second-order valence-corrected chi connectivity index (χ2v) is 8.24. The van der Waals surface area contributed by atoms with Crippen LogP contribution in [0.15, 0.2) is 32.5 Å². The minimum Gasteiger partial charge on any atom is -0.502 e. The number of hydrogen-bond donors (Lipinski definition) is 1. The van der Waals surface area contributed by atoms with Gasteiger partial charge in [0.15, 0.2) is 11.5 Å². The number of nitrogens with zero attached hydrogens (tertiary/aromatic N) is 4. The van der Waals surface area contributed by atoms with Crippen molar-refractivity contribution in [2.45, 2.75) is 32.6 Å². The van der Waals surface area contributed by atoms with Gasteiger partial charge in [-0.25, -0.2) is 4.98 Å². The smallest absolute Gasteiger partial charge is 0.315 e. The van der Waals surface area contributed by atoms with Gasteiger partial charge in [-0.1, -0.05) is 0 Å². The van der Waals surface area contributed by atoms with E-state index < -0.39 is 21.9 Å². The quantitative estimate of drug-likeness (QED) is 0.259. The minimum atomic E-state index is -0.678. The van der Waals surface area contributed by atoms with E-state index in [0.29, 0.717) is 34.4 Å². The first-order valence-electron chi connectivity index (χ1n) is 11.0. The van der Waals surface area contributed by atoms with Crippen LogP contribution in [0.1, 0.15) is 35.6 Å². The van der Waals surface area contributed by atoms with Crippen LogP contribution in [-0.4, -0.2) is 40.1 Å². The summed E-state index contributed by atoms with van der Waals surface area (Å²) in [5, 5.41) is 27.5. The Bertz CT molecular complexity index is 1600. The van der Waals surface area contributed by atoms with Crippen molar-refractivity contribution in [1.82, 2.24) is 9.66 Å². The number of nitro groups is 1. The van der Waals surface area contributed by atoms with Gasteiger partial charge in [0, 0.05) is 23.4 Å². The van der Waals surface area contributed by atoms with Crippen LogP contribution in [0, 0.1) is 17.0 Å². The number of furan rings is 1. The van der Waals surface area contributed by atoms with E-state index in [1.807, 2.05) is 0 Å². The normalized spacial score (nSPS) is 13.5. The van der Waals surface area contributed by atoms with Crippen LogP contribution in [0.3, 0.4) is 0 Å². The summed E-state index contributed by atoms with van der Waals surface area (Å²) in [6.45, 7) is 1.61. The van der Waals surface area contributed by atoms with Crippen molar-refractivity contribution >= 4 is 33.8 Å². The van der Waals surface area contributed by atoms with Crippen molar-refractivity contribution in [3.05, 3.63) is 61.4 Å². The van der Waals surface area contributed by atoms with E-state index in [2.05, 4.69) is 10.1 Å². The first kappa shape index (κ1) is 22.4. The second kappa shape index (κ2) is 8.42. The summed E-state index contributed by atoms with van der Waals surface area (Å²) in [6.07, 6.45) is 4.58. The third-order valence-electron chi connectivity index (χ3n) is 6.25. The summed E-state index contributed by atoms with van der Waals surface area (Å²) < 4.78 is 17.6. The molecule has 1 aliphatic rings. The number of aromatic hydroxyl groups is 1. The lowest BCUT2D eigenvalue weighted by Crippen LogP contribution is -2.21. The largest absolute Gasteiger partial charge is 0.502 e. The highest BCUT2D eigenvalue weighted by atomic mass is 16.6. The van der Waals surface area contributed by atoms with Gasteiger partial charge in [-0.2, -0.15) is 9.78 Å². The summed E-state index contributed by atoms with van der Waals surface area (Å²) in [4.78, 5) is 28.6. The highest BCUT2D eigenvalue weighted by molar-refractivity contribution is 6.05. The van der Waals surface area contributed by atoms with Gasteiger partial charge in [0.25, 0.3) is 5.56 Å². The SMILES string of the molecule is COc1cc2nc(C)n(/N=C/c3c(O)c([N+](=O)[O-])cc4oc5c(c34)CCCC5)c(=O)c2cc1OC. The molecule has 0 amide bonds. The average Bonchev–Trinajstić information content (AvgIpc) is 3.22. The summed E-state index contributed by atoms with van der Waals surface area (Å²) in [5.41, 5.74) is 0.763. The Labute approximate surface area is 198 Å². The predicted octanol–water partition coefficient (Wildman–Crippen LogP) is 3.84. The third kappa shape index (κ3) is 3.56. The third-order valence-corrected chi connectivity index (χ3v) is 6.25. The molecule has 0 bridgehead atoms. The summed E-state index contributed by atoms with van der Waals surface area (Å²) in [5.74, 6) is 1.29. The molecule has 2 aromatic carbocycles. The molecule has 2 heterocycles. The molecule has 1 N–H and O–H groups in total. The lowest BCUT2D eigenvalue weighted by molar-refractivity contribution is -0.385. The number of methoxy groups -OCH3 is 2. The fourth-order valence-corrected chi connectivity index (χ4v) is 4.56. The van der Waals surface area contributed by atoms with Crippen LogP contribution in [0.25, 0.3) is 21.9 Å². The zero-order valence-corrected chi connectivity index (χ0v) is 19.3. The Kier molecular flexibility index (Phi) is 5.39. The number of rotatable bonds is 5. The van der Waals surface area contributed by atoms with Gasteiger partial charge in [0.1, 0.15) is 17.2 Å².